The second kappa shape index (κ2) is 5.06. The number of thiophene rings is 1. The van der Waals surface area contributed by atoms with Crippen molar-refractivity contribution in [3.63, 3.8) is 0 Å². The lowest BCUT2D eigenvalue weighted by Crippen LogP contribution is -2.12. The van der Waals surface area contributed by atoms with Crippen LogP contribution in [0.3, 0.4) is 0 Å². The SMILES string of the molecule is Cc1csc(NC(=O)c2cccc3ccc(C)nc23)c1. The van der Waals surface area contributed by atoms with Crippen LogP contribution in [-0.2, 0) is 0 Å². The Kier molecular flexibility index (Phi) is 3.24. The predicted molar refractivity (Wildman–Crippen MR) is 83.5 cm³/mol. The van der Waals surface area contributed by atoms with Gasteiger partial charge in [-0.15, -0.1) is 11.3 Å². The Hall–Kier alpha value is -2.20. The second-order valence-electron chi connectivity index (χ2n) is 4.77. The summed E-state index contributed by atoms with van der Waals surface area (Å²) in [6, 6.07) is 11.6. The Balaban J connectivity index is 2.01. The summed E-state index contributed by atoms with van der Waals surface area (Å²) >= 11 is 1.53. The van der Waals surface area contributed by atoms with Crippen molar-refractivity contribution in [2.75, 3.05) is 5.32 Å². The smallest absolute Gasteiger partial charge is 0.258 e. The second-order valence-corrected chi connectivity index (χ2v) is 5.68. The van der Waals surface area contributed by atoms with Gasteiger partial charge in [0.1, 0.15) is 0 Å². The zero-order valence-corrected chi connectivity index (χ0v) is 12.1. The minimum absolute atomic E-state index is 0.115. The molecule has 20 heavy (non-hydrogen) atoms. The van der Waals surface area contributed by atoms with Crippen LogP contribution in [0, 0.1) is 13.8 Å². The summed E-state index contributed by atoms with van der Waals surface area (Å²) in [7, 11) is 0. The van der Waals surface area contributed by atoms with Gasteiger partial charge in [-0.25, -0.2) is 0 Å². The number of amides is 1. The lowest BCUT2D eigenvalue weighted by molar-refractivity contribution is 0.102. The molecule has 0 aliphatic heterocycles. The van der Waals surface area contributed by atoms with E-state index in [1.165, 1.54) is 11.3 Å². The first kappa shape index (κ1) is 12.8. The number of nitrogens with one attached hydrogen (secondary N) is 1. The summed E-state index contributed by atoms with van der Waals surface area (Å²) in [6.07, 6.45) is 0. The molecule has 1 N–H and O–H groups in total. The van der Waals surface area contributed by atoms with Crippen molar-refractivity contribution >= 4 is 33.1 Å². The van der Waals surface area contributed by atoms with Crippen molar-refractivity contribution in [2.24, 2.45) is 0 Å². The van der Waals surface area contributed by atoms with Crippen LogP contribution >= 0.6 is 11.3 Å². The molecular weight excluding hydrogens is 268 g/mol. The number of fused-ring (bicyclic) bond motifs is 1. The van der Waals surface area contributed by atoms with E-state index in [1.54, 1.807) is 0 Å². The third kappa shape index (κ3) is 2.42. The Bertz CT molecular complexity index is 792. The number of carbonyl (C=O) groups is 1. The normalized spacial score (nSPS) is 10.7. The summed E-state index contributed by atoms with van der Waals surface area (Å²) < 4.78 is 0. The van der Waals surface area contributed by atoms with Crippen molar-refractivity contribution in [3.05, 3.63) is 58.6 Å². The average Bonchev–Trinajstić information content (AvgIpc) is 2.83. The quantitative estimate of drug-likeness (QED) is 0.766. The van der Waals surface area contributed by atoms with E-state index in [1.807, 2.05) is 55.6 Å². The number of benzene rings is 1. The highest BCUT2D eigenvalue weighted by molar-refractivity contribution is 7.14. The maximum Gasteiger partial charge on any atom is 0.258 e. The zero-order chi connectivity index (χ0) is 14.1. The van der Waals surface area contributed by atoms with E-state index in [-0.39, 0.29) is 5.91 Å². The molecule has 0 radical (unpaired) electrons. The lowest BCUT2D eigenvalue weighted by atomic mass is 10.1. The van der Waals surface area contributed by atoms with Crippen molar-refractivity contribution in [3.8, 4) is 0 Å². The van der Waals surface area contributed by atoms with E-state index in [4.69, 9.17) is 0 Å². The van der Waals surface area contributed by atoms with Gasteiger partial charge in [0.05, 0.1) is 16.1 Å². The molecule has 1 amide bonds. The van der Waals surface area contributed by atoms with E-state index < -0.39 is 0 Å². The van der Waals surface area contributed by atoms with Gasteiger partial charge in [0.2, 0.25) is 0 Å². The number of carbonyl (C=O) groups excluding carboxylic acids is 1. The standard InChI is InChI=1S/C16H14N2OS/c1-10-8-14(20-9-10)18-16(19)13-5-3-4-12-7-6-11(2)17-15(12)13/h3-9H,1-2H3,(H,18,19). The zero-order valence-electron chi connectivity index (χ0n) is 11.3. The Morgan fingerprint density at radius 2 is 2.05 bits per heavy atom. The largest absolute Gasteiger partial charge is 0.313 e. The molecule has 0 fully saturated rings. The molecule has 0 saturated carbocycles. The third-order valence-electron chi connectivity index (χ3n) is 3.07. The van der Waals surface area contributed by atoms with Crippen molar-refractivity contribution in [1.82, 2.24) is 4.98 Å². The Morgan fingerprint density at radius 1 is 1.20 bits per heavy atom. The number of nitrogens with zero attached hydrogens (tertiary/aromatic N) is 1. The van der Waals surface area contributed by atoms with E-state index in [0.717, 1.165) is 27.2 Å². The maximum atomic E-state index is 12.4. The summed E-state index contributed by atoms with van der Waals surface area (Å²) in [6.45, 7) is 3.94. The molecular formula is C16H14N2OS. The lowest BCUT2D eigenvalue weighted by Gasteiger charge is -2.06. The Labute approximate surface area is 121 Å². The van der Waals surface area contributed by atoms with E-state index in [9.17, 15) is 4.79 Å². The predicted octanol–water partition coefficient (Wildman–Crippen LogP) is 4.17. The summed E-state index contributed by atoms with van der Waals surface area (Å²) in [5, 5.41) is 6.78. The number of hydrogen-bond acceptors (Lipinski definition) is 3. The van der Waals surface area contributed by atoms with Gasteiger partial charge in [0.25, 0.3) is 5.91 Å². The monoisotopic (exact) mass is 282 g/mol. The maximum absolute atomic E-state index is 12.4. The number of para-hydroxylation sites is 1. The van der Waals surface area contributed by atoms with Crippen LogP contribution in [0.15, 0.2) is 41.8 Å². The molecule has 2 heterocycles. The highest BCUT2D eigenvalue weighted by Gasteiger charge is 2.12. The molecule has 0 unspecified atom stereocenters. The number of anilines is 1. The molecule has 0 atom stereocenters. The van der Waals surface area contributed by atoms with Crippen molar-refractivity contribution in [1.29, 1.82) is 0 Å². The van der Waals surface area contributed by atoms with Crippen LogP contribution in [0.2, 0.25) is 0 Å². The first-order valence-corrected chi connectivity index (χ1v) is 7.24. The van der Waals surface area contributed by atoms with Crippen LogP contribution < -0.4 is 5.32 Å². The highest BCUT2D eigenvalue weighted by atomic mass is 32.1. The van der Waals surface area contributed by atoms with Crippen LogP contribution in [0.4, 0.5) is 5.00 Å². The number of rotatable bonds is 2. The van der Waals surface area contributed by atoms with Gasteiger partial charge in [0.15, 0.2) is 0 Å². The van der Waals surface area contributed by atoms with Gasteiger partial charge in [-0.2, -0.15) is 0 Å². The van der Waals surface area contributed by atoms with Crippen LogP contribution in [0.1, 0.15) is 21.6 Å². The van der Waals surface area contributed by atoms with Gasteiger partial charge in [-0.1, -0.05) is 18.2 Å². The van der Waals surface area contributed by atoms with Crippen LogP contribution in [-0.4, -0.2) is 10.9 Å². The fourth-order valence-electron chi connectivity index (χ4n) is 2.10. The van der Waals surface area contributed by atoms with E-state index >= 15 is 0 Å². The molecule has 0 aliphatic rings. The van der Waals surface area contributed by atoms with Crippen LogP contribution in [0.5, 0.6) is 0 Å². The number of aromatic nitrogens is 1. The number of aryl methyl sites for hydroxylation is 2. The van der Waals surface area contributed by atoms with Gasteiger partial charge < -0.3 is 5.32 Å². The molecule has 3 nitrogen and oxygen atoms in total. The highest BCUT2D eigenvalue weighted by Crippen LogP contribution is 2.22. The molecule has 3 aromatic rings. The number of hydrogen-bond donors (Lipinski definition) is 1. The molecule has 4 heteroatoms. The molecule has 100 valence electrons. The van der Waals surface area contributed by atoms with Crippen molar-refractivity contribution in [2.45, 2.75) is 13.8 Å². The molecule has 0 saturated heterocycles. The molecule has 0 spiro atoms. The molecule has 1 aromatic carbocycles. The topological polar surface area (TPSA) is 42.0 Å². The summed E-state index contributed by atoms with van der Waals surface area (Å²) in [5.41, 5.74) is 3.41. The van der Waals surface area contributed by atoms with E-state index in [2.05, 4.69) is 10.3 Å². The first-order chi connectivity index (χ1) is 9.63. The first-order valence-electron chi connectivity index (χ1n) is 6.36. The summed E-state index contributed by atoms with van der Waals surface area (Å²) in [4.78, 5) is 16.9. The van der Waals surface area contributed by atoms with Crippen LogP contribution in [0.25, 0.3) is 10.9 Å². The van der Waals surface area contributed by atoms with Crippen molar-refractivity contribution < 1.29 is 4.79 Å². The van der Waals surface area contributed by atoms with Gasteiger partial charge in [-0.05, 0) is 43.0 Å². The molecule has 3 rings (SSSR count). The molecule has 2 aromatic heterocycles. The molecule has 0 bridgehead atoms. The fraction of sp³-hybridized carbons (Fsp3) is 0.125. The third-order valence-corrected chi connectivity index (χ3v) is 4.03. The van der Waals surface area contributed by atoms with E-state index in [0.29, 0.717) is 5.56 Å². The molecule has 0 aliphatic carbocycles. The van der Waals surface area contributed by atoms with Gasteiger partial charge in [0, 0.05) is 11.1 Å². The minimum Gasteiger partial charge on any atom is -0.313 e. The minimum atomic E-state index is -0.115. The fourth-order valence-corrected chi connectivity index (χ4v) is 2.89. The Morgan fingerprint density at radius 3 is 2.80 bits per heavy atom. The average molecular weight is 282 g/mol. The van der Waals surface area contributed by atoms with Gasteiger partial charge in [-0.3, -0.25) is 9.78 Å². The number of pyridine rings is 1. The van der Waals surface area contributed by atoms with Gasteiger partial charge >= 0.3 is 0 Å². The summed E-state index contributed by atoms with van der Waals surface area (Å²) in [5.74, 6) is -0.115.